The number of rotatable bonds is 13. The van der Waals surface area contributed by atoms with Crippen molar-refractivity contribution in [2.45, 2.75) is 112 Å². The minimum atomic E-state index is -0.318. The molecule has 1 unspecified atom stereocenters. The number of nitrogens with zero attached hydrogens (tertiary/aromatic N) is 1. The fourth-order valence-corrected chi connectivity index (χ4v) is 3.77. The highest BCUT2D eigenvalue weighted by molar-refractivity contribution is 5.59. The van der Waals surface area contributed by atoms with Gasteiger partial charge in [-0.2, -0.15) is 0 Å². The zero-order valence-electron chi connectivity index (χ0n) is 25.7. The summed E-state index contributed by atoms with van der Waals surface area (Å²) in [6.45, 7) is 16.1. The van der Waals surface area contributed by atoms with Crippen molar-refractivity contribution in [3.05, 3.63) is 70.1 Å². The second kappa shape index (κ2) is 18.9. The molecule has 7 heteroatoms. The van der Waals surface area contributed by atoms with Crippen molar-refractivity contribution in [3.8, 4) is 0 Å². The van der Waals surface area contributed by atoms with Crippen LogP contribution in [0.2, 0.25) is 0 Å². The van der Waals surface area contributed by atoms with Crippen LogP contribution in [0.25, 0.3) is 0 Å². The van der Waals surface area contributed by atoms with Gasteiger partial charge in [0.2, 0.25) is 0 Å². The van der Waals surface area contributed by atoms with Crippen LogP contribution >= 0.6 is 0 Å². The van der Waals surface area contributed by atoms with Gasteiger partial charge < -0.3 is 14.3 Å². The maximum absolute atomic E-state index is 11.8. The number of hydrogen-bond donors (Lipinski definition) is 0. The minimum absolute atomic E-state index is 0.235. The molecular formula is C33H49NO6. The second-order valence-corrected chi connectivity index (χ2v) is 11.8. The highest BCUT2D eigenvalue weighted by Crippen LogP contribution is 2.33. The zero-order chi connectivity index (χ0) is 30.7. The molecule has 0 saturated heterocycles. The largest absolute Gasteiger partial charge is 0.462 e. The molecule has 0 aliphatic heterocycles. The van der Waals surface area contributed by atoms with Crippen molar-refractivity contribution in [2.24, 2.45) is 10.6 Å². The van der Waals surface area contributed by atoms with Gasteiger partial charge in [-0.15, -0.1) is 4.91 Å². The molecule has 0 radical (unpaired) electrons. The van der Waals surface area contributed by atoms with Crippen LogP contribution in [0.4, 0.5) is 5.69 Å². The van der Waals surface area contributed by atoms with E-state index in [-0.39, 0.29) is 16.6 Å². The molecule has 2 aromatic rings. The summed E-state index contributed by atoms with van der Waals surface area (Å²) in [5, 5.41) is 3.09. The topological polar surface area (TPSA) is 99.1 Å². The first-order chi connectivity index (χ1) is 18.8. The SMILES string of the molecule is CC(C)(C)OC=O.CC(C)(C)OC=O.CCCCC(C=O)(CC)CCc1ccc(N=O)cc1Cc1ccccc1. The molecule has 0 saturated carbocycles. The standard InChI is InChI=1S/C23H29NO2.2C5H10O2/c1-3-5-14-23(4-2,18-25)15-13-20-11-12-22(24-26)17-21(20)16-19-9-7-6-8-10-19;2*1-5(2,3)7-4-6/h6-12,17-18H,3-5,13-16H2,1-2H3;2*4H,1-3H3. The molecule has 0 bridgehead atoms. The van der Waals surface area contributed by atoms with Gasteiger partial charge in [-0.25, -0.2) is 0 Å². The Kier molecular flexibility index (Phi) is 17.3. The summed E-state index contributed by atoms with van der Waals surface area (Å²) in [7, 11) is 0. The smallest absolute Gasteiger partial charge is 0.293 e. The molecule has 0 spiro atoms. The Morgan fingerprint density at radius 1 is 0.775 bits per heavy atom. The van der Waals surface area contributed by atoms with Crippen LogP contribution in [-0.2, 0) is 36.7 Å². The Morgan fingerprint density at radius 3 is 1.75 bits per heavy atom. The van der Waals surface area contributed by atoms with Crippen LogP contribution in [0.3, 0.4) is 0 Å². The van der Waals surface area contributed by atoms with Crippen LogP contribution < -0.4 is 0 Å². The lowest BCUT2D eigenvalue weighted by molar-refractivity contribution is -0.139. The van der Waals surface area contributed by atoms with Crippen molar-refractivity contribution >= 4 is 24.9 Å². The van der Waals surface area contributed by atoms with E-state index < -0.39 is 0 Å². The molecule has 0 aliphatic rings. The van der Waals surface area contributed by atoms with Crippen molar-refractivity contribution in [3.63, 3.8) is 0 Å². The van der Waals surface area contributed by atoms with E-state index in [1.54, 1.807) is 6.07 Å². The van der Waals surface area contributed by atoms with Crippen molar-refractivity contribution in [2.75, 3.05) is 0 Å². The summed E-state index contributed by atoms with van der Waals surface area (Å²) < 4.78 is 9.10. The highest BCUT2D eigenvalue weighted by Gasteiger charge is 2.27. The second-order valence-electron chi connectivity index (χ2n) is 11.8. The van der Waals surface area contributed by atoms with Crippen LogP contribution in [0.1, 0.15) is 104 Å². The molecule has 2 rings (SSSR count). The van der Waals surface area contributed by atoms with Gasteiger partial charge in [0.15, 0.2) is 0 Å². The molecule has 0 heterocycles. The fourth-order valence-electron chi connectivity index (χ4n) is 3.77. The molecule has 2 aromatic carbocycles. The predicted molar refractivity (Wildman–Crippen MR) is 162 cm³/mol. The molecule has 40 heavy (non-hydrogen) atoms. The van der Waals surface area contributed by atoms with E-state index in [2.05, 4.69) is 40.6 Å². The predicted octanol–water partition coefficient (Wildman–Crippen LogP) is 8.31. The average molecular weight is 556 g/mol. The summed E-state index contributed by atoms with van der Waals surface area (Å²) in [6, 6.07) is 15.9. The van der Waals surface area contributed by atoms with Crippen LogP contribution in [0.15, 0.2) is 53.7 Å². The van der Waals surface area contributed by atoms with Crippen LogP contribution in [-0.4, -0.2) is 30.4 Å². The summed E-state index contributed by atoms with van der Waals surface area (Å²) in [5.74, 6) is 0. The van der Waals surface area contributed by atoms with Gasteiger partial charge in [0, 0.05) is 5.41 Å². The van der Waals surface area contributed by atoms with Crippen molar-refractivity contribution in [1.29, 1.82) is 0 Å². The maximum atomic E-state index is 11.8. The van der Waals surface area contributed by atoms with Crippen molar-refractivity contribution in [1.82, 2.24) is 0 Å². The molecule has 0 N–H and O–H groups in total. The van der Waals surface area contributed by atoms with Crippen LogP contribution in [0.5, 0.6) is 0 Å². The quantitative estimate of drug-likeness (QED) is 0.182. The molecule has 0 amide bonds. The number of hydrogen-bond acceptors (Lipinski definition) is 7. The van der Waals surface area contributed by atoms with E-state index in [9.17, 15) is 19.3 Å². The number of aldehydes is 1. The summed E-state index contributed by atoms with van der Waals surface area (Å²) in [4.78, 5) is 42.0. The number of carbonyl (C=O) groups excluding carboxylic acids is 3. The van der Waals surface area contributed by atoms with Gasteiger partial charge in [0.1, 0.15) is 23.2 Å². The monoisotopic (exact) mass is 555 g/mol. The minimum Gasteiger partial charge on any atom is -0.462 e. The lowest BCUT2D eigenvalue weighted by Gasteiger charge is -2.27. The Labute approximate surface area is 241 Å². The van der Waals surface area contributed by atoms with E-state index in [0.717, 1.165) is 50.5 Å². The number of aryl methyl sites for hydroxylation is 1. The number of unbranched alkanes of at least 4 members (excludes halogenated alkanes) is 1. The molecule has 0 aliphatic carbocycles. The molecular weight excluding hydrogens is 506 g/mol. The lowest BCUT2D eigenvalue weighted by Crippen LogP contribution is -2.23. The molecule has 0 aromatic heterocycles. The third-order valence-corrected chi connectivity index (χ3v) is 6.21. The molecule has 1 atom stereocenters. The number of benzene rings is 2. The summed E-state index contributed by atoms with van der Waals surface area (Å²) >= 11 is 0. The fraction of sp³-hybridized carbons (Fsp3) is 0.545. The van der Waals surface area contributed by atoms with Gasteiger partial charge in [-0.05, 0) is 108 Å². The Bertz CT molecular complexity index is 988. The number of ether oxygens (including phenoxy) is 2. The van der Waals surface area contributed by atoms with E-state index in [4.69, 9.17) is 0 Å². The summed E-state index contributed by atoms with van der Waals surface area (Å²) in [5.41, 5.74) is 3.13. The zero-order valence-corrected chi connectivity index (χ0v) is 25.7. The first-order valence-corrected chi connectivity index (χ1v) is 14.0. The van der Waals surface area contributed by atoms with E-state index in [0.29, 0.717) is 18.6 Å². The Balaban J connectivity index is 0.000000894. The van der Waals surface area contributed by atoms with Gasteiger partial charge >= 0.3 is 0 Å². The number of carbonyl (C=O) groups is 3. The van der Waals surface area contributed by atoms with Gasteiger partial charge in [-0.1, -0.05) is 63.1 Å². The Morgan fingerprint density at radius 2 is 1.35 bits per heavy atom. The number of nitroso groups, excluding NO2 is 1. The third kappa shape index (κ3) is 16.6. The first kappa shape index (κ1) is 36.6. The average Bonchev–Trinajstić information content (AvgIpc) is 2.90. The molecule has 0 fully saturated rings. The van der Waals surface area contributed by atoms with Crippen LogP contribution in [0, 0.1) is 10.3 Å². The third-order valence-electron chi connectivity index (χ3n) is 6.21. The van der Waals surface area contributed by atoms with E-state index in [1.807, 2.05) is 71.9 Å². The van der Waals surface area contributed by atoms with Gasteiger partial charge in [0.25, 0.3) is 12.9 Å². The Hall–Kier alpha value is -3.35. The maximum Gasteiger partial charge on any atom is 0.293 e. The lowest BCUT2D eigenvalue weighted by atomic mass is 9.76. The highest BCUT2D eigenvalue weighted by atomic mass is 16.5. The normalized spacial score (nSPS) is 12.3. The molecule has 222 valence electrons. The van der Waals surface area contributed by atoms with Gasteiger partial charge in [-0.3, -0.25) is 9.59 Å². The first-order valence-electron chi connectivity index (χ1n) is 14.0. The van der Waals surface area contributed by atoms with Crippen molar-refractivity contribution < 1.29 is 23.9 Å². The van der Waals surface area contributed by atoms with E-state index in [1.165, 1.54) is 17.4 Å². The van der Waals surface area contributed by atoms with Gasteiger partial charge in [0.05, 0.1) is 0 Å². The van der Waals surface area contributed by atoms with E-state index >= 15 is 0 Å². The molecule has 7 nitrogen and oxygen atoms in total. The summed E-state index contributed by atoms with van der Waals surface area (Å²) in [6.07, 6.45) is 7.64.